The van der Waals surface area contributed by atoms with Crippen LogP contribution in [-0.2, 0) is 22.7 Å². The number of carbonyl (C=O) groups is 1. The smallest absolute Gasteiger partial charge is 0.225 e. The highest BCUT2D eigenvalue weighted by Gasteiger charge is 2.46. The SMILES string of the molecule is O=C(C1CC1)N1CCC2(C1)Cn1c(-c3ccc(F)cc3)cnc1CO2. The Labute approximate surface area is 145 Å². The maximum atomic E-state index is 13.2. The van der Waals surface area contributed by atoms with Gasteiger partial charge in [-0.15, -0.1) is 0 Å². The van der Waals surface area contributed by atoms with E-state index in [9.17, 15) is 9.18 Å². The molecule has 1 aromatic carbocycles. The van der Waals surface area contributed by atoms with Gasteiger partial charge in [0.15, 0.2) is 0 Å². The van der Waals surface area contributed by atoms with Gasteiger partial charge in [-0.2, -0.15) is 0 Å². The Balaban J connectivity index is 1.41. The molecular weight excluding hydrogens is 321 g/mol. The number of imidazole rings is 1. The second-order valence-electron chi connectivity index (χ2n) is 7.41. The molecule has 1 amide bonds. The summed E-state index contributed by atoms with van der Waals surface area (Å²) in [5, 5.41) is 0. The van der Waals surface area contributed by atoms with Crippen LogP contribution < -0.4 is 0 Å². The number of rotatable bonds is 2. The monoisotopic (exact) mass is 341 g/mol. The van der Waals surface area contributed by atoms with Gasteiger partial charge in [-0.05, 0) is 49.1 Å². The number of fused-ring (bicyclic) bond motifs is 1. The van der Waals surface area contributed by atoms with Crippen molar-refractivity contribution in [2.45, 2.75) is 38.0 Å². The van der Waals surface area contributed by atoms with Crippen LogP contribution >= 0.6 is 0 Å². The predicted molar refractivity (Wildman–Crippen MR) is 89.1 cm³/mol. The molecule has 0 bridgehead atoms. The van der Waals surface area contributed by atoms with Crippen LogP contribution in [0.25, 0.3) is 11.3 Å². The number of amides is 1. The lowest BCUT2D eigenvalue weighted by molar-refractivity contribution is -0.134. The van der Waals surface area contributed by atoms with Gasteiger partial charge in [0.05, 0.1) is 25.0 Å². The lowest BCUT2D eigenvalue weighted by atomic mass is 10.0. The molecule has 1 saturated heterocycles. The van der Waals surface area contributed by atoms with E-state index in [1.807, 2.05) is 11.1 Å². The van der Waals surface area contributed by atoms with Crippen molar-refractivity contribution in [1.82, 2.24) is 14.5 Å². The lowest BCUT2D eigenvalue weighted by Crippen LogP contribution is -2.45. The molecule has 2 aliphatic heterocycles. The Bertz CT molecular complexity index is 828. The molecule has 5 rings (SSSR count). The molecule has 2 aromatic rings. The predicted octanol–water partition coefficient (Wildman–Crippen LogP) is 2.60. The van der Waals surface area contributed by atoms with E-state index in [4.69, 9.17) is 4.74 Å². The molecule has 0 N–H and O–H groups in total. The fourth-order valence-electron chi connectivity index (χ4n) is 3.98. The van der Waals surface area contributed by atoms with Gasteiger partial charge in [0.25, 0.3) is 0 Å². The first kappa shape index (κ1) is 15.1. The molecule has 3 heterocycles. The van der Waals surface area contributed by atoms with E-state index in [0.717, 1.165) is 42.9 Å². The number of carbonyl (C=O) groups excluding carboxylic acids is 1. The zero-order valence-corrected chi connectivity index (χ0v) is 13.9. The van der Waals surface area contributed by atoms with E-state index < -0.39 is 0 Å². The fraction of sp³-hybridized carbons (Fsp3) is 0.474. The van der Waals surface area contributed by atoms with E-state index >= 15 is 0 Å². The molecule has 1 atom stereocenters. The number of likely N-dealkylation sites (tertiary alicyclic amines) is 1. The molecule has 1 aromatic heterocycles. The molecule has 25 heavy (non-hydrogen) atoms. The summed E-state index contributed by atoms with van der Waals surface area (Å²) in [5.41, 5.74) is 1.60. The van der Waals surface area contributed by atoms with Crippen molar-refractivity contribution >= 4 is 5.91 Å². The van der Waals surface area contributed by atoms with Gasteiger partial charge in [0, 0.05) is 12.5 Å². The quantitative estimate of drug-likeness (QED) is 0.844. The second-order valence-corrected chi connectivity index (χ2v) is 7.41. The first-order valence-corrected chi connectivity index (χ1v) is 8.87. The number of hydrogen-bond donors (Lipinski definition) is 0. The lowest BCUT2D eigenvalue weighted by Gasteiger charge is -2.35. The van der Waals surface area contributed by atoms with Crippen LogP contribution in [0.3, 0.4) is 0 Å². The van der Waals surface area contributed by atoms with Gasteiger partial charge in [0.1, 0.15) is 23.8 Å². The van der Waals surface area contributed by atoms with Crippen LogP contribution in [0.1, 0.15) is 25.1 Å². The van der Waals surface area contributed by atoms with E-state index in [1.54, 1.807) is 12.1 Å². The van der Waals surface area contributed by atoms with Crippen molar-refractivity contribution in [2.75, 3.05) is 13.1 Å². The van der Waals surface area contributed by atoms with Crippen LogP contribution in [0, 0.1) is 11.7 Å². The zero-order chi connectivity index (χ0) is 17.0. The van der Waals surface area contributed by atoms with Crippen LogP contribution in [0.15, 0.2) is 30.5 Å². The molecule has 1 aliphatic carbocycles. The number of nitrogens with zero attached hydrogens (tertiary/aromatic N) is 3. The zero-order valence-electron chi connectivity index (χ0n) is 13.9. The van der Waals surface area contributed by atoms with Gasteiger partial charge in [0.2, 0.25) is 5.91 Å². The van der Waals surface area contributed by atoms with Gasteiger partial charge in [-0.25, -0.2) is 9.37 Å². The minimum Gasteiger partial charge on any atom is -0.363 e. The maximum absolute atomic E-state index is 13.2. The summed E-state index contributed by atoms with van der Waals surface area (Å²) in [6.07, 6.45) is 4.74. The molecule has 0 radical (unpaired) electrons. The number of benzene rings is 1. The average Bonchev–Trinajstić information content (AvgIpc) is 3.28. The summed E-state index contributed by atoms with van der Waals surface area (Å²) in [5.74, 6) is 1.18. The molecule has 130 valence electrons. The topological polar surface area (TPSA) is 47.4 Å². The standard InChI is InChI=1S/C19H20FN3O2/c20-15-5-3-13(4-6-15)16-9-21-17-10-25-19(12-23(16)17)7-8-22(11-19)18(24)14-1-2-14/h3-6,9,14H,1-2,7-8,10-12H2. The Morgan fingerprint density at radius 2 is 2.04 bits per heavy atom. The highest BCUT2D eigenvalue weighted by atomic mass is 19.1. The van der Waals surface area contributed by atoms with Gasteiger partial charge in [-0.1, -0.05) is 0 Å². The molecule has 2 fully saturated rings. The average molecular weight is 341 g/mol. The Morgan fingerprint density at radius 1 is 1.24 bits per heavy atom. The van der Waals surface area contributed by atoms with Gasteiger partial charge >= 0.3 is 0 Å². The Morgan fingerprint density at radius 3 is 2.80 bits per heavy atom. The highest BCUT2D eigenvalue weighted by Crippen LogP contribution is 2.38. The van der Waals surface area contributed by atoms with Crippen molar-refractivity contribution in [3.05, 3.63) is 42.1 Å². The van der Waals surface area contributed by atoms with Gasteiger partial charge in [-0.3, -0.25) is 4.79 Å². The van der Waals surface area contributed by atoms with Gasteiger partial charge < -0.3 is 14.2 Å². The molecule has 1 spiro atoms. The van der Waals surface area contributed by atoms with E-state index in [2.05, 4.69) is 9.55 Å². The summed E-state index contributed by atoms with van der Waals surface area (Å²) < 4.78 is 21.6. The molecule has 6 heteroatoms. The van der Waals surface area contributed by atoms with Crippen LogP contribution in [0.4, 0.5) is 4.39 Å². The molecule has 1 saturated carbocycles. The molecular formula is C19H20FN3O2. The summed E-state index contributed by atoms with van der Waals surface area (Å²) in [7, 11) is 0. The third-order valence-corrected chi connectivity index (χ3v) is 5.59. The largest absolute Gasteiger partial charge is 0.363 e. The molecule has 1 unspecified atom stereocenters. The van der Waals surface area contributed by atoms with Crippen molar-refractivity contribution < 1.29 is 13.9 Å². The second kappa shape index (κ2) is 5.39. The number of halogens is 1. The summed E-state index contributed by atoms with van der Waals surface area (Å²) in [6.45, 7) is 2.56. The minimum atomic E-state index is -0.326. The van der Waals surface area contributed by atoms with Crippen molar-refractivity contribution in [2.24, 2.45) is 5.92 Å². The van der Waals surface area contributed by atoms with Crippen LogP contribution in [0.5, 0.6) is 0 Å². The third-order valence-electron chi connectivity index (χ3n) is 5.59. The molecule has 5 nitrogen and oxygen atoms in total. The van der Waals surface area contributed by atoms with Crippen LogP contribution in [0.2, 0.25) is 0 Å². The van der Waals surface area contributed by atoms with Crippen LogP contribution in [-0.4, -0.2) is 39.0 Å². The number of hydrogen-bond acceptors (Lipinski definition) is 3. The third kappa shape index (κ3) is 2.56. The summed E-state index contributed by atoms with van der Waals surface area (Å²) >= 11 is 0. The maximum Gasteiger partial charge on any atom is 0.225 e. The fourth-order valence-corrected chi connectivity index (χ4v) is 3.98. The first-order chi connectivity index (χ1) is 12.1. The van der Waals surface area contributed by atoms with Crippen molar-refractivity contribution in [3.8, 4) is 11.3 Å². The van der Waals surface area contributed by atoms with Crippen molar-refractivity contribution in [3.63, 3.8) is 0 Å². The van der Waals surface area contributed by atoms with E-state index in [1.165, 1.54) is 12.1 Å². The van der Waals surface area contributed by atoms with E-state index in [0.29, 0.717) is 19.7 Å². The number of ether oxygens (including phenoxy) is 1. The summed E-state index contributed by atoms with van der Waals surface area (Å²) in [6, 6.07) is 6.49. The number of aromatic nitrogens is 2. The van der Waals surface area contributed by atoms with Crippen molar-refractivity contribution in [1.29, 1.82) is 0 Å². The highest BCUT2D eigenvalue weighted by molar-refractivity contribution is 5.81. The first-order valence-electron chi connectivity index (χ1n) is 8.87. The normalized spacial score (nSPS) is 25.4. The van der Waals surface area contributed by atoms with E-state index in [-0.39, 0.29) is 23.2 Å². The molecule has 3 aliphatic rings. The summed E-state index contributed by atoms with van der Waals surface area (Å²) in [4.78, 5) is 18.8. The Hall–Kier alpha value is -2.21. The minimum absolute atomic E-state index is 0.244. The Kier molecular flexibility index (Phi) is 3.25.